The van der Waals surface area contributed by atoms with Gasteiger partial charge in [0.05, 0.1) is 11.1 Å². The summed E-state index contributed by atoms with van der Waals surface area (Å²) in [5.41, 5.74) is 1.28. The third-order valence-electron chi connectivity index (χ3n) is 3.88. The summed E-state index contributed by atoms with van der Waals surface area (Å²) in [6.07, 6.45) is 1.82. The number of piperidine rings is 1. The minimum Gasteiger partial charge on any atom is -0.392 e. The Morgan fingerprint density at radius 1 is 1.32 bits per heavy atom. The molecule has 0 bridgehead atoms. The molecular formula is C16H23NOS. The van der Waals surface area contributed by atoms with Gasteiger partial charge in [-0.1, -0.05) is 56.4 Å². The molecule has 0 spiro atoms. The number of thiocarbonyl (C=S) groups is 1. The van der Waals surface area contributed by atoms with Gasteiger partial charge in [-0.25, -0.2) is 0 Å². The fraction of sp³-hybridized carbons (Fsp3) is 0.562. The lowest BCUT2D eigenvalue weighted by Gasteiger charge is -2.38. The molecule has 19 heavy (non-hydrogen) atoms. The smallest absolute Gasteiger partial charge is 0.0839 e. The summed E-state index contributed by atoms with van der Waals surface area (Å²) in [4.78, 5) is 3.20. The van der Waals surface area contributed by atoms with Gasteiger partial charge in [0.1, 0.15) is 0 Å². The molecule has 3 heteroatoms. The summed E-state index contributed by atoms with van der Waals surface area (Å²) < 4.78 is 0. The van der Waals surface area contributed by atoms with Crippen LogP contribution in [0.25, 0.3) is 0 Å². The van der Waals surface area contributed by atoms with Crippen LogP contribution < -0.4 is 0 Å². The number of aliphatic hydroxyl groups is 1. The van der Waals surface area contributed by atoms with Crippen molar-refractivity contribution in [3.8, 4) is 0 Å². The molecule has 1 aromatic rings. The van der Waals surface area contributed by atoms with Gasteiger partial charge in [0.2, 0.25) is 0 Å². The second-order valence-corrected chi connectivity index (χ2v) is 6.15. The van der Waals surface area contributed by atoms with Crippen molar-refractivity contribution >= 4 is 17.2 Å². The van der Waals surface area contributed by atoms with Crippen LogP contribution in [0.5, 0.6) is 0 Å². The largest absolute Gasteiger partial charge is 0.392 e. The Kier molecular flexibility index (Phi) is 4.94. The monoisotopic (exact) mass is 277 g/mol. The minimum atomic E-state index is -0.314. The molecule has 2 atom stereocenters. The van der Waals surface area contributed by atoms with Gasteiger partial charge in [-0.2, -0.15) is 0 Å². The van der Waals surface area contributed by atoms with Crippen molar-refractivity contribution in [1.82, 2.24) is 4.90 Å². The van der Waals surface area contributed by atoms with Crippen molar-refractivity contribution < 1.29 is 5.11 Å². The van der Waals surface area contributed by atoms with Gasteiger partial charge in [0.25, 0.3) is 0 Å². The van der Waals surface area contributed by atoms with Gasteiger partial charge in [0.15, 0.2) is 0 Å². The highest BCUT2D eigenvalue weighted by molar-refractivity contribution is 7.80. The van der Waals surface area contributed by atoms with Gasteiger partial charge in [-0.05, 0) is 24.3 Å². The lowest BCUT2D eigenvalue weighted by Crippen LogP contribution is -2.45. The van der Waals surface area contributed by atoms with Crippen LogP contribution >= 0.6 is 12.2 Å². The van der Waals surface area contributed by atoms with Crippen molar-refractivity contribution in [1.29, 1.82) is 0 Å². The Hall–Kier alpha value is -0.930. The summed E-state index contributed by atoms with van der Waals surface area (Å²) in [6, 6.07) is 10.4. The van der Waals surface area contributed by atoms with E-state index in [-0.39, 0.29) is 17.9 Å². The first kappa shape index (κ1) is 14.5. The molecule has 1 N–H and O–H groups in total. The highest BCUT2D eigenvalue weighted by atomic mass is 32.1. The van der Waals surface area contributed by atoms with Crippen LogP contribution in [0.3, 0.4) is 0 Å². The molecule has 0 radical (unpaired) electrons. The summed E-state index contributed by atoms with van der Waals surface area (Å²) in [7, 11) is 0. The molecule has 0 aliphatic carbocycles. The minimum absolute atomic E-state index is 0.146. The lowest BCUT2D eigenvalue weighted by molar-refractivity contribution is 0.0757. The van der Waals surface area contributed by atoms with Crippen molar-refractivity contribution in [2.75, 3.05) is 6.54 Å². The van der Waals surface area contributed by atoms with Crippen molar-refractivity contribution in [3.63, 3.8) is 0 Å². The zero-order valence-electron chi connectivity index (χ0n) is 11.7. The number of nitrogens with zero attached hydrogens (tertiary/aromatic N) is 1. The molecule has 1 aliphatic rings. The molecule has 0 aromatic heterocycles. The topological polar surface area (TPSA) is 23.5 Å². The zero-order valence-corrected chi connectivity index (χ0v) is 12.6. The highest BCUT2D eigenvalue weighted by Crippen LogP contribution is 2.27. The molecule has 104 valence electrons. The maximum absolute atomic E-state index is 10.3. The molecule has 0 unspecified atom stereocenters. The summed E-state index contributed by atoms with van der Waals surface area (Å²) in [5, 5.41) is 10.3. The van der Waals surface area contributed by atoms with Crippen LogP contribution in [-0.4, -0.2) is 27.6 Å². The number of hydrogen-bond acceptors (Lipinski definition) is 2. The van der Waals surface area contributed by atoms with E-state index in [1.54, 1.807) is 0 Å². The van der Waals surface area contributed by atoms with E-state index in [4.69, 9.17) is 12.2 Å². The summed E-state index contributed by atoms with van der Waals surface area (Å²) in [5.74, 6) is 0.409. The van der Waals surface area contributed by atoms with E-state index >= 15 is 0 Å². The first-order valence-electron chi connectivity index (χ1n) is 7.10. The van der Waals surface area contributed by atoms with E-state index in [9.17, 15) is 5.11 Å². The van der Waals surface area contributed by atoms with Gasteiger partial charge < -0.3 is 10.0 Å². The Morgan fingerprint density at radius 3 is 2.63 bits per heavy atom. The van der Waals surface area contributed by atoms with Crippen LogP contribution in [0, 0.1) is 11.8 Å². The Bertz CT molecular complexity index is 418. The molecule has 2 rings (SSSR count). The van der Waals surface area contributed by atoms with Gasteiger partial charge in [-0.15, -0.1) is 0 Å². The zero-order chi connectivity index (χ0) is 13.8. The number of aliphatic hydroxyl groups excluding tert-OH is 1. The third kappa shape index (κ3) is 3.54. The predicted octanol–water partition coefficient (Wildman–Crippen LogP) is 3.24. The molecule has 1 fully saturated rings. The maximum Gasteiger partial charge on any atom is 0.0839 e. The number of rotatable bonds is 4. The standard InChI is InChI=1S/C16H23NOS/c1-12(2)15(18)14-9-6-10-17(16(14)19)11-13-7-4-3-5-8-13/h3-5,7-8,12,14-15,18H,6,9-11H2,1-2H3/t14-,15-/m0/s1. The van der Waals surface area contributed by atoms with Crippen LogP contribution in [0.2, 0.25) is 0 Å². The molecule has 1 aromatic carbocycles. The fourth-order valence-corrected chi connectivity index (χ4v) is 3.13. The van der Waals surface area contributed by atoms with Crippen molar-refractivity contribution in [2.24, 2.45) is 11.8 Å². The molecular weight excluding hydrogens is 254 g/mol. The van der Waals surface area contributed by atoms with Gasteiger partial charge in [0, 0.05) is 19.0 Å². The number of likely N-dealkylation sites (tertiary alicyclic amines) is 1. The Morgan fingerprint density at radius 2 is 2.00 bits per heavy atom. The molecule has 0 amide bonds. The predicted molar refractivity (Wildman–Crippen MR) is 83.0 cm³/mol. The Balaban J connectivity index is 2.04. The highest BCUT2D eigenvalue weighted by Gasteiger charge is 2.32. The average molecular weight is 277 g/mol. The average Bonchev–Trinajstić information content (AvgIpc) is 2.41. The molecule has 1 heterocycles. The van der Waals surface area contributed by atoms with E-state index in [1.165, 1.54) is 5.56 Å². The van der Waals surface area contributed by atoms with Crippen LogP contribution in [-0.2, 0) is 6.54 Å². The number of benzene rings is 1. The van der Waals surface area contributed by atoms with Crippen molar-refractivity contribution in [3.05, 3.63) is 35.9 Å². The number of hydrogen-bond donors (Lipinski definition) is 1. The first-order valence-corrected chi connectivity index (χ1v) is 7.51. The molecule has 1 saturated heterocycles. The van der Waals surface area contributed by atoms with Gasteiger partial charge >= 0.3 is 0 Å². The van der Waals surface area contributed by atoms with Crippen LogP contribution in [0.15, 0.2) is 30.3 Å². The quantitative estimate of drug-likeness (QED) is 0.855. The van der Waals surface area contributed by atoms with E-state index < -0.39 is 0 Å². The van der Waals surface area contributed by atoms with E-state index in [0.29, 0.717) is 0 Å². The SMILES string of the molecule is CC(C)[C@H](O)[C@@H]1CCCN(Cc2ccccc2)C1=S. The second-order valence-electron chi connectivity index (χ2n) is 5.73. The molecule has 0 saturated carbocycles. The second kappa shape index (κ2) is 6.49. The van der Waals surface area contributed by atoms with Gasteiger partial charge in [-0.3, -0.25) is 0 Å². The van der Waals surface area contributed by atoms with E-state index in [2.05, 4.69) is 43.0 Å². The van der Waals surface area contributed by atoms with E-state index in [1.807, 2.05) is 6.07 Å². The molecule has 1 aliphatic heterocycles. The van der Waals surface area contributed by atoms with E-state index in [0.717, 1.165) is 30.9 Å². The molecule has 2 nitrogen and oxygen atoms in total. The lowest BCUT2D eigenvalue weighted by atomic mass is 9.86. The summed E-state index contributed by atoms with van der Waals surface area (Å²) >= 11 is 5.61. The third-order valence-corrected chi connectivity index (χ3v) is 4.44. The van der Waals surface area contributed by atoms with Crippen LogP contribution in [0.1, 0.15) is 32.3 Å². The first-order chi connectivity index (χ1) is 9.09. The van der Waals surface area contributed by atoms with Crippen molar-refractivity contribution in [2.45, 2.75) is 39.3 Å². The normalized spacial score (nSPS) is 21.8. The Labute approximate surface area is 121 Å². The maximum atomic E-state index is 10.3. The van der Waals surface area contributed by atoms with Crippen LogP contribution in [0.4, 0.5) is 0 Å². The summed E-state index contributed by atoms with van der Waals surface area (Å²) in [6.45, 7) is 5.99. The fourth-order valence-electron chi connectivity index (χ4n) is 2.71.